The Balaban J connectivity index is 2.38. The zero-order valence-corrected chi connectivity index (χ0v) is 7.34. The van der Waals surface area contributed by atoms with E-state index < -0.39 is 11.5 Å². The lowest BCUT2D eigenvalue weighted by molar-refractivity contribution is -0.147. The van der Waals surface area contributed by atoms with Crippen molar-refractivity contribution < 1.29 is 9.90 Å². The molecule has 1 heterocycles. The van der Waals surface area contributed by atoms with Gasteiger partial charge in [0.1, 0.15) is 18.2 Å². The third kappa shape index (κ3) is 1.11. The largest absolute Gasteiger partial charge is 0.479 e. The molecule has 1 aliphatic rings. The Kier molecular flexibility index (Phi) is 1.61. The highest BCUT2D eigenvalue weighted by Gasteiger charge is 2.48. The topological polar surface area (TPSA) is 68.0 Å². The fraction of sp³-hybridized carbons (Fsp3) is 0.625. The highest BCUT2D eigenvalue weighted by Crippen LogP contribution is 2.44. The van der Waals surface area contributed by atoms with Gasteiger partial charge in [0, 0.05) is 0 Å². The number of aliphatic carboxylic acids is 1. The maximum Gasteiger partial charge on any atom is 0.329 e. The predicted molar refractivity (Wildman–Crippen MR) is 44.0 cm³/mol. The Morgan fingerprint density at radius 1 is 1.54 bits per heavy atom. The number of carbonyl (C=O) groups is 1. The molecule has 1 atom stereocenters. The lowest BCUT2D eigenvalue weighted by Crippen LogP contribution is -2.40. The van der Waals surface area contributed by atoms with Gasteiger partial charge in [-0.1, -0.05) is 0 Å². The lowest BCUT2D eigenvalue weighted by Gasteiger charge is -2.25. The minimum Gasteiger partial charge on any atom is -0.479 e. The van der Waals surface area contributed by atoms with E-state index in [4.69, 9.17) is 5.11 Å². The molecule has 13 heavy (non-hydrogen) atoms. The molecule has 0 radical (unpaired) electrons. The molecule has 0 aromatic carbocycles. The standard InChI is InChI=1S/C8H11N3O2/c1-8(7(12)13,6-2-3-6)11-4-9-10-5-11/h4-6H,2-3H2,1H3,(H,12,13). The molecule has 1 unspecified atom stereocenters. The summed E-state index contributed by atoms with van der Waals surface area (Å²) in [5, 5.41) is 16.4. The second-order valence-corrected chi connectivity index (χ2v) is 3.60. The van der Waals surface area contributed by atoms with Crippen LogP contribution in [0.3, 0.4) is 0 Å². The fourth-order valence-corrected chi connectivity index (χ4v) is 1.58. The van der Waals surface area contributed by atoms with Crippen molar-refractivity contribution in [3.63, 3.8) is 0 Å². The highest BCUT2D eigenvalue weighted by atomic mass is 16.4. The van der Waals surface area contributed by atoms with Crippen LogP contribution in [0.2, 0.25) is 0 Å². The lowest BCUT2D eigenvalue weighted by atomic mass is 9.96. The van der Waals surface area contributed by atoms with E-state index in [1.165, 1.54) is 12.7 Å². The fourth-order valence-electron chi connectivity index (χ4n) is 1.58. The quantitative estimate of drug-likeness (QED) is 0.736. The number of carboxylic acid groups (broad SMARTS) is 1. The van der Waals surface area contributed by atoms with Crippen molar-refractivity contribution in [1.82, 2.24) is 14.8 Å². The van der Waals surface area contributed by atoms with Gasteiger partial charge in [-0.3, -0.25) is 0 Å². The summed E-state index contributed by atoms with van der Waals surface area (Å²) in [7, 11) is 0. The van der Waals surface area contributed by atoms with Crippen molar-refractivity contribution in [3.05, 3.63) is 12.7 Å². The smallest absolute Gasteiger partial charge is 0.329 e. The van der Waals surface area contributed by atoms with Gasteiger partial charge in [-0.25, -0.2) is 4.79 Å². The Hall–Kier alpha value is -1.39. The van der Waals surface area contributed by atoms with Crippen LogP contribution in [0.4, 0.5) is 0 Å². The number of hydrogen-bond donors (Lipinski definition) is 1. The third-order valence-electron chi connectivity index (χ3n) is 2.76. The van der Waals surface area contributed by atoms with Crippen molar-refractivity contribution >= 4 is 5.97 Å². The predicted octanol–water partition coefficient (Wildman–Crippen LogP) is 0.488. The average molecular weight is 181 g/mol. The summed E-state index contributed by atoms with van der Waals surface area (Å²) in [6.45, 7) is 1.72. The van der Waals surface area contributed by atoms with Crippen LogP contribution >= 0.6 is 0 Å². The minimum absolute atomic E-state index is 0.223. The van der Waals surface area contributed by atoms with Gasteiger partial charge in [0.05, 0.1) is 0 Å². The molecule has 2 rings (SSSR count). The van der Waals surface area contributed by atoms with Gasteiger partial charge in [0.15, 0.2) is 0 Å². The summed E-state index contributed by atoms with van der Waals surface area (Å²) >= 11 is 0. The molecular weight excluding hydrogens is 170 g/mol. The maximum absolute atomic E-state index is 11.1. The van der Waals surface area contributed by atoms with Crippen LogP contribution in [0.5, 0.6) is 0 Å². The van der Waals surface area contributed by atoms with Crippen molar-refractivity contribution in [1.29, 1.82) is 0 Å². The van der Waals surface area contributed by atoms with Crippen molar-refractivity contribution in [3.8, 4) is 0 Å². The Labute approximate surface area is 75.4 Å². The zero-order chi connectivity index (χ0) is 9.47. The molecule has 1 N–H and O–H groups in total. The monoisotopic (exact) mass is 181 g/mol. The van der Waals surface area contributed by atoms with Crippen molar-refractivity contribution in [2.75, 3.05) is 0 Å². The first-order valence-electron chi connectivity index (χ1n) is 4.24. The van der Waals surface area contributed by atoms with E-state index in [9.17, 15) is 4.79 Å². The first-order valence-corrected chi connectivity index (χ1v) is 4.24. The van der Waals surface area contributed by atoms with Crippen LogP contribution in [0.1, 0.15) is 19.8 Å². The van der Waals surface area contributed by atoms with Crippen LogP contribution in [0.15, 0.2) is 12.7 Å². The van der Waals surface area contributed by atoms with E-state index in [2.05, 4.69) is 10.2 Å². The second-order valence-electron chi connectivity index (χ2n) is 3.60. The normalized spacial score (nSPS) is 21.0. The number of aromatic nitrogens is 3. The van der Waals surface area contributed by atoms with E-state index in [1.807, 2.05) is 0 Å². The van der Waals surface area contributed by atoms with Gasteiger partial charge >= 0.3 is 5.97 Å². The summed E-state index contributed by atoms with van der Waals surface area (Å²) in [5.41, 5.74) is -0.858. The molecule has 5 heteroatoms. The Bertz CT molecular complexity index is 318. The van der Waals surface area contributed by atoms with Crippen LogP contribution in [0, 0.1) is 5.92 Å². The molecule has 1 aromatic rings. The molecule has 0 aliphatic heterocycles. The van der Waals surface area contributed by atoms with Crippen LogP contribution in [0.25, 0.3) is 0 Å². The van der Waals surface area contributed by atoms with Crippen LogP contribution in [-0.2, 0) is 10.3 Å². The highest BCUT2D eigenvalue weighted by molar-refractivity contribution is 5.77. The Morgan fingerprint density at radius 2 is 2.08 bits per heavy atom. The summed E-state index contributed by atoms with van der Waals surface area (Å²) in [6, 6.07) is 0. The second kappa shape index (κ2) is 2.55. The molecule has 70 valence electrons. The SMILES string of the molecule is CC(C(=O)O)(C1CC1)n1cnnc1. The number of carboxylic acids is 1. The summed E-state index contributed by atoms with van der Waals surface area (Å²) in [6.07, 6.45) is 4.88. The average Bonchev–Trinajstić information content (AvgIpc) is 2.80. The van der Waals surface area contributed by atoms with E-state index in [0.717, 1.165) is 12.8 Å². The summed E-state index contributed by atoms with van der Waals surface area (Å²) < 4.78 is 1.58. The number of nitrogens with zero attached hydrogens (tertiary/aromatic N) is 3. The van der Waals surface area contributed by atoms with E-state index in [-0.39, 0.29) is 5.92 Å². The van der Waals surface area contributed by atoms with Crippen molar-refractivity contribution in [2.45, 2.75) is 25.3 Å². The van der Waals surface area contributed by atoms with E-state index in [1.54, 1.807) is 11.5 Å². The molecule has 1 saturated carbocycles. The van der Waals surface area contributed by atoms with E-state index in [0.29, 0.717) is 0 Å². The van der Waals surface area contributed by atoms with Gasteiger partial charge in [-0.15, -0.1) is 10.2 Å². The maximum atomic E-state index is 11.1. The number of rotatable bonds is 3. The zero-order valence-electron chi connectivity index (χ0n) is 7.34. The molecule has 0 spiro atoms. The Morgan fingerprint density at radius 3 is 2.46 bits per heavy atom. The first kappa shape index (κ1) is 8.22. The van der Waals surface area contributed by atoms with Gasteiger partial charge in [0.25, 0.3) is 0 Å². The molecule has 0 amide bonds. The van der Waals surface area contributed by atoms with Crippen LogP contribution in [-0.4, -0.2) is 25.8 Å². The molecule has 5 nitrogen and oxygen atoms in total. The van der Waals surface area contributed by atoms with Gasteiger partial charge in [0.2, 0.25) is 0 Å². The summed E-state index contributed by atoms with van der Waals surface area (Å²) in [5.74, 6) is -0.587. The summed E-state index contributed by atoms with van der Waals surface area (Å²) in [4.78, 5) is 11.1. The molecular formula is C8H11N3O2. The van der Waals surface area contributed by atoms with Gasteiger partial charge in [-0.05, 0) is 25.7 Å². The molecule has 1 fully saturated rings. The van der Waals surface area contributed by atoms with E-state index >= 15 is 0 Å². The van der Waals surface area contributed by atoms with Crippen LogP contribution < -0.4 is 0 Å². The minimum atomic E-state index is -0.858. The van der Waals surface area contributed by atoms with Gasteiger partial charge in [-0.2, -0.15) is 0 Å². The molecule has 0 bridgehead atoms. The number of hydrogen-bond acceptors (Lipinski definition) is 3. The molecule has 1 aromatic heterocycles. The van der Waals surface area contributed by atoms with Gasteiger partial charge < -0.3 is 9.67 Å². The molecule has 1 aliphatic carbocycles. The third-order valence-corrected chi connectivity index (χ3v) is 2.76. The van der Waals surface area contributed by atoms with Crippen molar-refractivity contribution in [2.24, 2.45) is 5.92 Å². The first-order chi connectivity index (χ1) is 6.15. The molecule has 0 saturated heterocycles.